The maximum absolute atomic E-state index is 12.4. The van der Waals surface area contributed by atoms with Gasteiger partial charge in [-0.15, -0.1) is 5.10 Å². The molecule has 1 unspecified atom stereocenters. The number of para-hydroxylation sites is 1. The SMILES string of the molecule is CC(Sc1nnnn1C1CCCC1)C(=O)Nc1c(Cl)cccc1Cl. The molecule has 128 valence electrons. The number of rotatable bonds is 5. The minimum Gasteiger partial charge on any atom is -0.323 e. The average molecular weight is 386 g/mol. The van der Waals surface area contributed by atoms with Gasteiger partial charge in [0.15, 0.2) is 0 Å². The van der Waals surface area contributed by atoms with E-state index in [-0.39, 0.29) is 11.2 Å². The molecule has 1 amide bonds. The van der Waals surface area contributed by atoms with Crippen molar-refractivity contribution < 1.29 is 4.79 Å². The van der Waals surface area contributed by atoms with Gasteiger partial charge in [0.2, 0.25) is 11.1 Å². The molecule has 1 heterocycles. The number of amides is 1. The summed E-state index contributed by atoms with van der Waals surface area (Å²) in [6.45, 7) is 1.80. The minimum atomic E-state index is -0.386. The summed E-state index contributed by atoms with van der Waals surface area (Å²) in [6.07, 6.45) is 4.54. The third-order valence-electron chi connectivity index (χ3n) is 4.00. The molecule has 1 saturated carbocycles. The van der Waals surface area contributed by atoms with Crippen LogP contribution in [-0.4, -0.2) is 31.4 Å². The molecular formula is C15H17Cl2N5OS. The molecule has 9 heteroatoms. The van der Waals surface area contributed by atoms with Crippen LogP contribution in [0.5, 0.6) is 0 Å². The quantitative estimate of drug-likeness (QED) is 0.780. The van der Waals surface area contributed by atoms with Crippen molar-refractivity contribution in [3.63, 3.8) is 0 Å². The number of benzene rings is 1. The standard InChI is InChI=1S/C15H17Cl2N5OS/c1-9(14(23)18-13-11(16)7-4-8-12(13)17)24-15-19-20-21-22(15)10-5-2-3-6-10/h4,7-10H,2-3,5-6H2,1H3,(H,18,23). The molecule has 1 aromatic carbocycles. The molecule has 1 fully saturated rings. The monoisotopic (exact) mass is 385 g/mol. The Balaban J connectivity index is 1.68. The number of nitrogens with one attached hydrogen (secondary N) is 1. The second-order valence-corrected chi connectivity index (χ2v) is 7.81. The van der Waals surface area contributed by atoms with Gasteiger partial charge in [0.05, 0.1) is 27.0 Å². The van der Waals surface area contributed by atoms with E-state index in [1.165, 1.54) is 24.6 Å². The largest absolute Gasteiger partial charge is 0.323 e. The lowest BCUT2D eigenvalue weighted by molar-refractivity contribution is -0.115. The topological polar surface area (TPSA) is 72.7 Å². The second-order valence-electron chi connectivity index (χ2n) is 5.69. The van der Waals surface area contributed by atoms with Gasteiger partial charge in [-0.25, -0.2) is 4.68 Å². The highest BCUT2D eigenvalue weighted by molar-refractivity contribution is 8.00. The normalized spacial score (nSPS) is 16.3. The summed E-state index contributed by atoms with van der Waals surface area (Å²) in [4.78, 5) is 12.4. The van der Waals surface area contributed by atoms with Crippen LogP contribution in [0.3, 0.4) is 0 Å². The van der Waals surface area contributed by atoms with Crippen molar-refractivity contribution >= 4 is 46.6 Å². The molecule has 1 N–H and O–H groups in total. The maximum atomic E-state index is 12.4. The van der Waals surface area contributed by atoms with E-state index in [2.05, 4.69) is 20.8 Å². The summed E-state index contributed by atoms with van der Waals surface area (Å²) in [5, 5.41) is 15.8. The summed E-state index contributed by atoms with van der Waals surface area (Å²) in [6, 6.07) is 5.42. The van der Waals surface area contributed by atoms with E-state index in [4.69, 9.17) is 23.2 Å². The van der Waals surface area contributed by atoms with Crippen LogP contribution in [0.1, 0.15) is 38.6 Å². The molecule has 0 aliphatic heterocycles. The van der Waals surface area contributed by atoms with Gasteiger partial charge in [0.25, 0.3) is 0 Å². The summed E-state index contributed by atoms with van der Waals surface area (Å²) in [5.74, 6) is -0.198. The highest BCUT2D eigenvalue weighted by atomic mass is 35.5. The van der Waals surface area contributed by atoms with E-state index < -0.39 is 0 Å². The van der Waals surface area contributed by atoms with Gasteiger partial charge in [-0.3, -0.25) is 4.79 Å². The number of hydrogen-bond donors (Lipinski definition) is 1. The van der Waals surface area contributed by atoms with Crippen molar-refractivity contribution in [2.45, 2.75) is 49.1 Å². The van der Waals surface area contributed by atoms with Crippen LogP contribution in [-0.2, 0) is 4.79 Å². The Morgan fingerprint density at radius 2 is 2.00 bits per heavy atom. The van der Waals surface area contributed by atoms with Crippen molar-refractivity contribution in [1.82, 2.24) is 20.2 Å². The number of aromatic nitrogens is 4. The Morgan fingerprint density at radius 3 is 2.67 bits per heavy atom. The Kier molecular flexibility index (Phi) is 5.63. The number of anilines is 1. The molecule has 2 aromatic rings. The number of halogens is 2. The van der Waals surface area contributed by atoms with Gasteiger partial charge in [-0.1, -0.05) is 53.9 Å². The number of nitrogens with zero attached hydrogens (tertiary/aromatic N) is 4. The van der Waals surface area contributed by atoms with Gasteiger partial charge in [-0.2, -0.15) is 0 Å². The minimum absolute atomic E-state index is 0.198. The first kappa shape index (κ1) is 17.5. The van der Waals surface area contributed by atoms with Gasteiger partial charge < -0.3 is 5.32 Å². The molecule has 1 aliphatic carbocycles. The van der Waals surface area contributed by atoms with E-state index in [1.807, 2.05) is 4.68 Å². The number of carbonyl (C=O) groups is 1. The van der Waals surface area contributed by atoms with E-state index in [9.17, 15) is 4.79 Å². The zero-order valence-corrected chi connectivity index (χ0v) is 15.4. The first-order valence-corrected chi connectivity index (χ1v) is 9.39. The summed E-state index contributed by atoms with van der Waals surface area (Å²) in [5.41, 5.74) is 0.425. The number of hydrogen-bond acceptors (Lipinski definition) is 5. The van der Waals surface area contributed by atoms with Crippen LogP contribution in [0.2, 0.25) is 10.0 Å². The van der Waals surface area contributed by atoms with Gasteiger partial charge in [0, 0.05) is 0 Å². The molecule has 0 saturated heterocycles. The predicted molar refractivity (Wildman–Crippen MR) is 95.7 cm³/mol. The fourth-order valence-electron chi connectivity index (χ4n) is 2.69. The van der Waals surface area contributed by atoms with Crippen molar-refractivity contribution in [3.8, 4) is 0 Å². The van der Waals surface area contributed by atoms with Gasteiger partial charge >= 0.3 is 0 Å². The Morgan fingerprint density at radius 1 is 1.33 bits per heavy atom. The van der Waals surface area contributed by atoms with Crippen LogP contribution in [0.25, 0.3) is 0 Å². The summed E-state index contributed by atoms with van der Waals surface area (Å²) < 4.78 is 1.84. The molecule has 3 rings (SSSR count). The number of thioether (sulfide) groups is 1. The lowest BCUT2D eigenvalue weighted by Crippen LogP contribution is -2.23. The fraction of sp³-hybridized carbons (Fsp3) is 0.467. The number of tetrazole rings is 1. The van der Waals surface area contributed by atoms with Gasteiger partial charge in [-0.05, 0) is 42.3 Å². The van der Waals surface area contributed by atoms with E-state index >= 15 is 0 Å². The second kappa shape index (κ2) is 7.72. The zero-order chi connectivity index (χ0) is 17.1. The summed E-state index contributed by atoms with van der Waals surface area (Å²) in [7, 11) is 0. The maximum Gasteiger partial charge on any atom is 0.237 e. The van der Waals surface area contributed by atoms with Crippen molar-refractivity contribution in [3.05, 3.63) is 28.2 Å². The third kappa shape index (κ3) is 3.84. The first-order valence-electron chi connectivity index (χ1n) is 7.75. The lowest BCUT2D eigenvalue weighted by atomic mass is 10.3. The van der Waals surface area contributed by atoms with E-state index in [0.29, 0.717) is 26.9 Å². The number of carbonyl (C=O) groups excluding carboxylic acids is 1. The van der Waals surface area contributed by atoms with Crippen LogP contribution < -0.4 is 5.32 Å². The van der Waals surface area contributed by atoms with Crippen LogP contribution >= 0.6 is 35.0 Å². The smallest absolute Gasteiger partial charge is 0.237 e. The molecule has 0 spiro atoms. The first-order chi connectivity index (χ1) is 11.6. The molecule has 1 aliphatic rings. The Hall–Kier alpha value is -1.31. The molecule has 6 nitrogen and oxygen atoms in total. The van der Waals surface area contributed by atoms with Crippen LogP contribution in [0.15, 0.2) is 23.4 Å². The van der Waals surface area contributed by atoms with E-state index in [0.717, 1.165) is 12.8 Å². The molecule has 24 heavy (non-hydrogen) atoms. The predicted octanol–water partition coefficient (Wildman–Crippen LogP) is 4.21. The Bertz CT molecular complexity index is 712. The highest BCUT2D eigenvalue weighted by Gasteiger charge is 2.25. The molecule has 0 bridgehead atoms. The zero-order valence-electron chi connectivity index (χ0n) is 13.1. The van der Waals surface area contributed by atoms with Crippen LogP contribution in [0, 0.1) is 0 Å². The van der Waals surface area contributed by atoms with E-state index in [1.54, 1.807) is 25.1 Å². The van der Waals surface area contributed by atoms with Gasteiger partial charge in [0.1, 0.15) is 0 Å². The Labute approximate surface area is 154 Å². The third-order valence-corrected chi connectivity index (χ3v) is 5.67. The van der Waals surface area contributed by atoms with Crippen molar-refractivity contribution in [2.24, 2.45) is 0 Å². The van der Waals surface area contributed by atoms with Crippen molar-refractivity contribution in [2.75, 3.05) is 5.32 Å². The average Bonchev–Trinajstić information content (AvgIpc) is 3.21. The molecule has 1 atom stereocenters. The molecule has 1 aromatic heterocycles. The highest BCUT2D eigenvalue weighted by Crippen LogP contribution is 2.34. The van der Waals surface area contributed by atoms with Crippen molar-refractivity contribution in [1.29, 1.82) is 0 Å². The summed E-state index contributed by atoms with van der Waals surface area (Å²) >= 11 is 13.5. The molecule has 0 radical (unpaired) electrons. The fourth-order valence-corrected chi connectivity index (χ4v) is 4.05. The molecular weight excluding hydrogens is 369 g/mol. The van der Waals surface area contributed by atoms with Crippen LogP contribution in [0.4, 0.5) is 5.69 Å². The lowest BCUT2D eigenvalue weighted by Gasteiger charge is -2.15.